The maximum Gasteiger partial charge on any atom is 0.340 e. The Morgan fingerprint density at radius 2 is 1.57 bits per heavy atom. The fraction of sp³-hybridized carbons (Fsp3) is 0.364. The number of carbonyl (C=O) groups is 3. The van der Waals surface area contributed by atoms with Crippen LogP contribution in [0.2, 0.25) is 0 Å². The van der Waals surface area contributed by atoms with Crippen LogP contribution in [0.4, 0.5) is 17.1 Å². The largest absolute Gasteiger partial charge is 0.494 e. The molecule has 0 amide bonds. The summed E-state index contributed by atoms with van der Waals surface area (Å²) in [5.74, 6) is 0.772. The number of ether oxygens (including phenoxy) is 2. The topological polar surface area (TPSA) is 108 Å². The van der Waals surface area contributed by atoms with E-state index in [9.17, 15) is 14.4 Å². The van der Waals surface area contributed by atoms with Crippen molar-refractivity contribution in [2.75, 3.05) is 17.7 Å². The number of nitrogen functional groups attached to an aromatic ring is 1. The second kappa shape index (κ2) is 10.8. The number of nitrogens with one attached hydrogen (secondary N) is 1. The lowest BCUT2D eigenvalue weighted by Crippen LogP contribution is -2.33. The van der Waals surface area contributed by atoms with Crippen LogP contribution in [0.1, 0.15) is 94.1 Å². The second-order valence-corrected chi connectivity index (χ2v) is 11.1. The van der Waals surface area contributed by atoms with Crippen molar-refractivity contribution in [3.63, 3.8) is 0 Å². The van der Waals surface area contributed by atoms with Crippen LogP contribution in [-0.4, -0.2) is 30.2 Å². The molecular weight excluding hydrogens is 504 g/mol. The van der Waals surface area contributed by atoms with Crippen molar-refractivity contribution in [2.24, 2.45) is 11.8 Å². The van der Waals surface area contributed by atoms with Crippen molar-refractivity contribution in [3.05, 3.63) is 82.4 Å². The number of ketones is 2. The molecule has 2 saturated carbocycles. The minimum atomic E-state index is -0.562. The van der Waals surface area contributed by atoms with Crippen molar-refractivity contribution in [1.82, 2.24) is 0 Å². The van der Waals surface area contributed by atoms with Gasteiger partial charge in [0.1, 0.15) is 11.9 Å². The van der Waals surface area contributed by atoms with E-state index >= 15 is 0 Å². The molecule has 0 bridgehead atoms. The van der Waals surface area contributed by atoms with Gasteiger partial charge in [-0.2, -0.15) is 0 Å². The van der Waals surface area contributed by atoms with Gasteiger partial charge >= 0.3 is 5.97 Å². The number of nitrogens with two attached hydrogens (primary N) is 1. The first kappa shape index (κ1) is 26.1. The third kappa shape index (κ3) is 4.74. The lowest BCUT2D eigenvalue weighted by molar-refractivity contribution is -0.000834. The number of hydrogen-bond donors (Lipinski definition) is 2. The van der Waals surface area contributed by atoms with Crippen molar-refractivity contribution in [3.8, 4) is 5.75 Å². The summed E-state index contributed by atoms with van der Waals surface area (Å²) in [6, 6.07) is 15.5. The minimum absolute atomic E-state index is 0.0172. The zero-order valence-electron chi connectivity index (χ0n) is 22.7. The van der Waals surface area contributed by atoms with Gasteiger partial charge in [-0.15, -0.1) is 0 Å². The number of hydrogen-bond acceptors (Lipinski definition) is 7. The number of rotatable bonds is 6. The third-order valence-corrected chi connectivity index (χ3v) is 8.67. The monoisotopic (exact) mass is 538 g/mol. The average molecular weight is 539 g/mol. The summed E-state index contributed by atoms with van der Waals surface area (Å²) in [5, 5.41) is 3.25. The van der Waals surface area contributed by atoms with Crippen LogP contribution in [0.15, 0.2) is 54.6 Å². The molecule has 1 unspecified atom stereocenters. The maximum absolute atomic E-state index is 13.7. The number of benzene rings is 3. The van der Waals surface area contributed by atoms with E-state index in [4.69, 9.17) is 15.2 Å². The van der Waals surface area contributed by atoms with Gasteiger partial charge in [0.2, 0.25) is 0 Å². The number of carbonyl (C=O) groups excluding carboxylic acids is 3. The summed E-state index contributed by atoms with van der Waals surface area (Å²) >= 11 is 0. The Hall–Kier alpha value is -4.13. The van der Waals surface area contributed by atoms with Gasteiger partial charge < -0.3 is 20.5 Å². The van der Waals surface area contributed by atoms with Gasteiger partial charge in [-0.1, -0.05) is 49.9 Å². The summed E-state index contributed by atoms with van der Waals surface area (Å²) < 4.78 is 11.6. The molecule has 6 rings (SSSR count). The molecule has 0 aromatic heterocycles. The lowest BCUT2D eigenvalue weighted by Gasteiger charge is -2.38. The van der Waals surface area contributed by atoms with Crippen LogP contribution in [0.5, 0.6) is 5.75 Å². The fourth-order valence-corrected chi connectivity index (χ4v) is 6.69. The van der Waals surface area contributed by atoms with Crippen LogP contribution >= 0.6 is 0 Å². The first-order valence-electron chi connectivity index (χ1n) is 14.3. The van der Waals surface area contributed by atoms with E-state index in [0.29, 0.717) is 35.2 Å². The van der Waals surface area contributed by atoms with Crippen LogP contribution in [0, 0.1) is 11.8 Å². The first-order chi connectivity index (χ1) is 19.4. The van der Waals surface area contributed by atoms with E-state index < -0.39 is 5.97 Å². The van der Waals surface area contributed by atoms with Gasteiger partial charge in [-0.3, -0.25) is 9.59 Å². The molecule has 0 spiro atoms. The Bertz CT molecular complexity index is 1480. The zero-order valence-corrected chi connectivity index (χ0v) is 22.7. The van der Waals surface area contributed by atoms with Gasteiger partial charge in [0.05, 0.1) is 34.7 Å². The highest BCUT2D eigenvalue weighted by atomic mass is 16.5. The average Bonchev–Trinajstić information content (AvgIpc) is 2.97. The van der Waals surface area contributed by atoms with Crippen LogP contribution in [0.3, 0.4) is 0 Å². The van der Waals surface area contributed by atoms with Crippen LogP contribution in [-0.2, 0) is 4.74 Å². The molecule has 7 heteroatoms. The summed E-state index contributed by atoms with van der Waals surface area (Å²) in [7, 11) is 0. The Labute approximate surface area is 234 Å². The molecule has 3 aliphatic rings. The minimum Gasteiger partial charge on any atom is -0.494 e. The van der Waals surface area contributed by atoms with Crippen LogP contribution in [0.25, 0.3) is 0 Å². The van der Waals surface area contributed by atoms with E-state index in [-0.39, 0.29) is 45.6 Å². The normalized spacial score (nSPS) is 21.6. The summed E-state index contributed by atoms with van der Waals surface area (Å²) in [5.41, 5.74) is 8.41. The third-order valence-electron chi connectivity index (χ3n) is 8.67. The van der Waals surface area contributed by atoms with Crippen molar-refractivity contribution >= 4 is 34.6 Å². The van der Waals surface area contributed by atoms with E-state index in [1.54, 1.807) is 30.3 Å². The van der Waals surface area contributed by atoms with Crippen molar-refractivity contribution in [1.29, 1.82) is 0 Å². The molecule has 3 aromatic carbocycles. The Kier molecular flexibility index (Phi) is 7.05. The molecule has 40 heavy (non-hydrogen) atoms. The lowest BCUT2D eigenvalue weighted by atomic mass is 9.70. The van der Waals surface area contributed by atoms with E-state index in [1.165, 1.54) is 25.7 Å². The van der Waals surface area contributed by atoms with E-state index in [2.05, 4.69) is 5.32 Å². The second-order valence-electron chi connectivity index (χ2n) is 11.1. The molecule has 7 nitrogen and oxygen atoms in total. The summed E-state index contributed by atoms with van der Waals surface area (Å²) in [4.78, 5) is 41.0. The van der Waals surface area contributed by atoms with Gasteiger partial charge in [0, 0.05) is 16.8 Å². The highest BCUT2D eigenvalue weighted by Gasteiger charge is 2.37. The Morgan fingerprint density at radius 3 is 2.27 bits per heavy atom. The van der Waals surface area contributed by atoms with Crippen molar-refractivity contribution < 1.29 is 23.9 Å². The molecule has 2 fully saturated rings. The molecule has 0 aliphatic heterocycles. The quantitative estimate of drug-likeness (QED) is 0.208. The molecule has 0 saturated heterocycles. The SMILES string of the molecule is CCOc1ccc(Nc2cc(C(=O)O[C@@H]3CC[C@@H]4CCCCC4C3)c(N)c3c2C(=O)c2ccccc2C3=O)cc1. The van der Waals surface area contributed by atoms with E-state index in [1.807, 2.05) is 31.2 Å². The summed E-state index contributed by atoms with van der Waals surface area (Å²) in [6.45, 7) is 2.46. The Balaban J connectivity index is 1.37. The first-order valence-corrected chi connectivity index (χ1v) is 14.3. The summed E-state index contributed by atoms with van der Waals surface area (Å²) in [6.07, 6.45) is 7.56. The predicted molar refractivity (Wildman–Crippen MR) is 154 cm³/mol. The molecule has 3 aromatic rings. The fourth-order valence-electron chi connectivity index (χ4n) is 6.69. The smallest absolute Gasteiger partial charge is 0.340 e. The predicted octanol–water partition coefficient (Wildman–Crippen LogP) is 6.70. The van der Waals surface area contributed by atoms with Crippen LogP contribution < -0.4 is 15.8 Å². The Morgan fingerprint density at radius 1 is 0.900 bits per heavy atom. The maximum atomic E-state index is 13.7. The van der Waals surface area contributed by atoms with Gasteiger partial charge in [-0.25, -0.2) is 4.79 Å². The standard InChI is InChI=1S/C33H34N2O5/c1-2-39-22-15-12-21(13-16-22)35-27-18-26(33(38)40-23-14-11-19-7-3-4-8-20(19)17-23)30(34)29-28(27)31(36)24-9-5-6-10-25(24)32(29)37/h5-6,9-10,12-13,15-16,18-20,23,35H,2-4,7-8,11,14,17,34H2,1H3/t19-,20?,23+/m0/s1. The molecule has 3 N–H and O–H groups in total. The van der Waals surface area contributed by atoms with E-state index in [0.717, 1.165) is 25.2 Å². The number of esters is 1. The zero-order chi connectivity index (χ0) is 27.8. The molecule has 206 valence electrons. The van der Waals surface area contributed by atoms with Gasteiger partial charge in [-0.05, 0) is 68.4 Å². The number of fused-ring (bicyclic) bond motifs is 3. The molecule has 0 heterocycles. The van der Waals surface area contributed by atoms with Crippen molar-refractivity contribution in [2.45, 2.75) is 58.0 Å². The molecular formula is C33H34N2O5. The molecule has 3 aliphatic carbocycles. The molecule has 0 radical (unpaired) electrons. The number of anilines is 3. The molecule has 3 atom stereocenters. The van der Waals surface area contributed by atoms with Gasteiger partial charge in [0.15, 0.2) is 11.6 Å². The van der Waals surface area contributed by atoms with Gasteiger partial charge in [0.25, 0.3) is 0 Å². The highest BCUT2D eigenvalue weighted by Crippen LogP contribution is 2.43. The highest BCUT2D eigenvalue weighted by molar-refractivity contribution is 6.32.